The summed E-state index contributed by atoms with van der Waals surface area (Å²) in [6.45, 7) is 22.8. The average Bonchev–Trinajstić information content (AvgIpc) is 2.80. The third-order valence-electron chi connectivity index (χ3n) is 5.78. The van der Waals surface area contributed by atoms with Gasteiger partial charge in [-0.2, -0.15) is 0 Å². The minimum atomic E-state index is -1.96. The van der Waals surface area contributed by atoms with Crippen molar-refractivity contribution in [3.63, 3.8) is 0 Å². The van der Waals surface area contributed by atoms with Gasteiger partial charge in [0, 0.05) is 0 Å². The normalized spacial score (nSPS) is 21.1. The van der Waals surface area contributed by atoms with Crippen LogP contribution in [0.15, 0.2) is 0 Å². The van der Waals surface area contributed by atoms with Crippen molar-refractivity contribution in [2.45, 2.75) is 116 Å². The van der Waals surface area contributed by atoms with Crippen molar-refractivity contribution in [2.75, 3.05) is 6.61 Å². The van der Waals surface area contributed by atoms with Crippen LogP contribution in [0.25, 0.3) is 0 Å². The molecule has 1 rings (SSSR count). The molecule has 1 heterocycles. The lowest BCUT2D eigenvalue weighted by Crippen LogP contribution is -2.53. The molecule has 1 aliphatic heterocycles. The molecule has 28 heavy (non-hydrogen) atoms. The molecule has 2 atom stereocenters. The second-order valence-corrected chi connectivity index (χ2v) is 15.9. The van der Waals surface area contributed by atoms with Crippen molar-refractivity contribution in [1.82, 2.24) is 4.90 Å². The molecule has 0 aromatic rings. The van der Waals surface area contributed by atoms with Gasteiger partial charge in [0.05, 0.1) is 12.6 Å². The van der Waals surface area contributed by atoms with Crippen LogP contribution in [0.3, 0.4) is 0 Å². The predicted octanol–water partition coefficient (Wildman–Crippen LogP) is 4.94. The lowest BCUT2D eigenvalue weighted by molar-refractivity contribution is -0.0658. The molecule has 6 heteroatoms. The first-order valence-corrected chi connectivity index (χ1v) is 12.7. The van der Waals surface area contributed by atoms with Gasteiger partial charge in [0.25, 0.3) is 0 Å². The average molecular weight is 412 g/mol. The van der Waals surface area contributed by atoms with Crippen LogP contribution < -0.4 is 0 Å². The summed E-state index contributed by atoms with van der Waals surface area (Å²) in [5.41, 5.74) is 3.51. The highest BCUT2D eigenvalue weighted by atomic mass is 28.3. The van der Waals surface area contributed by atoms with E-state index in [2.05, 4.69) is 53.0 Å². The molecular formula is C22H41NO4Si. The molecule has 1 fully saturated rings. The molecule has 1 amide bonds. The highest BCUT2D eigenvalue weighted by molar-refractivity contribution is 6.90. The quantitative estimate of drug-likeness (QED) is 0.526. The Kier molecular flexibility index (Phi) is 7.83. The Balaban J connectivity index is 3.22. The highest BCUT2D eigenvalue weighted by Crippen LogP contribution is 2.41. The Bertz CT molecular complexity index is 588. The van der Waals surface area contributed by atoms with Crippen molar-refractivity contribution in [3.8, 4) is 11.5 Å². The lowest BCUT2D eigenvalue weighted by atomic mass is 10.1. The zero-order valence-electron chi connectivity index (χ0n) is 19.7. The van der Waals surface area contributed by atoms with Crippen LogP contribution in [0.5, 0.6) is 0 Å². The first-order valence-electron chi connectivity index (χ1n) is 10.4. The smallest absolute Gasteiger partial charge is 0.413 e. The van der Waals surface area contributed by atoms with Gasteiger partial charge in [0.2, 0.25) is 0 Å². The van der Waals surface area contributed by atoms with Crippen LogP contribution in [0.4, 0.5) is 4.79 Å². The van der Waals surface area contributed by atoms with E-state index in [0.717, 1.165) is 0 Å². The summed E-state index contributed by atoms with van der Waals surface area (Å²) in [5, 5.41) is 10.9. The molecule has 162 valence electrons. The van der Waals surface area contributed by atoms with Crippen LogP contribution >= 0.6 is 0 Å². The molecule has 1 saturated heterocycles. The SMILES string of the molecule is CC(C)[Si](C#C[C@@H](O)[C@@H]1COC(C)(C)N1C(=O)OC(C)(C)C)(C(C)C)C(C)C. The van der Waals surface area contributed by atoms with Crippen molar-refractivity contribution >= 4 is 14.2 Å². The number of aliphatic hydroxyl groups is 1. The van der Waals surface area contributed by atoms with Crippen molar-refractivity contribution in [3.05, 3.63) is 0 Å². The number of carbonyl (C=O) groups is 1. The van der Waals surface area contributed by atoms with Gasteiger partial charge >= 0.3 is 6.09 Å². The maximum atomic E-state index is 12.8. The van der Waals surface area contributed by atoms with E-state index in [1.165, 1.54) is 4.90 Å². The fourth-order valence-corrected chi connectivity index (χ4v) is 9.72. The fraction of sp³-hybridized carbons (Fsp3) is 0.864. The molecule has 0 aromatic carbocycles. The minimum absolute atomic E-state index is 0.238. The van der Waals surface area contributed by atoms with Crippen LogP contribution in [0, 0.1) is 11.5 Å². The Hall–Kier alpha value is -1.03. The number of nitrogens with zero attached hydrogens (tertiary/aromatic N) is 1. The fourth-order valence-electron chi connectivity index (χ4n) is 4.46. The van der Waals surface area contributed by atoms with Gasteiger partial charge in [-0.3, -0.25) is 4.90 Å². The van der Waals surface area contributed by atoms with Crippen LogP contribution in [0.1, 0.15) is 76.2 Å². The predicted molar refractivity (Wildman–Crippen MR) is 117 cm³/mol. The van der Waals surface area contributed by atoms with Crippen molar-refractivity contribution in [1.29, 1.82) is 0 Å². The van der Waals surface area contributed by atoms with Crippen LogP contribution in [0.2, 0.25) is 16.6 Å². The van der Waals surface area contributed by atoms with E-state index in [1.807, 2.05) is 34.6 Å². The molecule has 1 aliphatic rings. The third kappa shape index (κ3) is 5.31. The number of rotatable bonds is 4. The zero-order valence-corrected chi connectivity index (χ0v) is 20.7. The second-order valence-electron chi connectivity index (χ2n) is 10.3. The van der Waals surface area contributed by atoms with Crippen LogP contribution in [-0.4, -0.2) is 54.3 Å². The molecular weight excluding hydrogens is 370 g/mol. The minimum Gasteiger partial charge on any atom is -0.444 e. The molecule has 0 unspecified atom stereocenters. The van der Waals surface area contributed by atoms with E-state index >= 15 is 0 Å². The number of hydrogen-bond donors (Lipinski definition) is 1. The molecule has 0 bridgehead atoms. The van der Waals surface area contributed by atoms with Gasteiger partial charge in [-0.15, -0.1) is 5.54 Å². The van der Waals surface area contributed by atoms with Gasteiger partial charge in [0.1, 0.15) is 25.5 Å². The summed E-state index contributed by atoms with van der Waals surface area (Å²) in [5.74, 6) is 3.13. The monoisotopic (exact) mass is 411 g/mol. The Morgan fingerprint density at radius 1 is 1.14 bits per heavy atom. The van der Waals surface area contributed by atoms with E-state index in [9.17, 15) is 9.90 Å². The molecule has 0 aromatic heterocycles. The van der Waals surface area contributed by atoms with Gasteiger partial charge < -0.3 is 14.6 Å². The Labute approximate surface area is 173 Å². The molecule has 5 nitrogen and oxygen atoms in total. The molecule has 0 radical (unpaired) electrons. The molecule has 0 spiro atoms. The molecule has 1 N–H and O–H groups in total. The summed E-state index contributed by atoms with van der Waals surface area (Å²) < 4.78 is 11.4. The lowest BCUT2D eigenvalue weighted by Gasteiger charge is -2.38. The number of amides is 1. The Morgan fingerprint density at radius 2 is 1.61 bits per heavy atom. The van der Waals surface area contributed by atoms with Crippen molar-refractivity contribution in [2.24, 2.45) is 0 Å². The van der Waals surface area contributed by atoms with E-state index < -0.39 is 37.6 Å². The maximum Gasteiger partial charge on any atom is 0.413 e. The largest absolute Gasteiger partial charge is 0.444 e. The van der Waals surface area contributed by atoms with Crippen molar-refractivity contribution < 1.29 is 19.4 Å². The number of carbonyl (C=O) groups excluding carboxylic acids is 1. The van der Waals surface area contributed by atoms with Gasteiger partial charge in [-0.05, 0) is 51.2 Å². The van der Waals surface area contributed by atoms with E-state index in [1.54, 1.807) is 0 Å². The first kappa shape index (κ1) is 25.0. The van der Waals surface area contributed by atoms with Gasteiger partial charge in [0.15, 0.2) is 0 Å². The van der Waals surface area contributed by atoms with Crippen LogP contribution in [-0.2, 0) is 9.47 Å². The van der Waals surface area contributed by atoms with E-state index in [0.29, 0.717) is 16.6 Å². The number of hydrogen-bond acceptors (Lipinski definition) is 4. The summed E-state index contributed by atoms with van der Waals surface area (Å²) in [6, 6.07) is -0.546. The Morgan fingerprint density at radius 3 is 2.00 bits per heavy atom. The summed E-state index contributed by atoms with van der Waals surface area (Å²) in [4.78, 5) is 14.3. The number of ether oxygens (including phenoxy) is 2. The standard InChI is InChI=1S/C22H41NO4Si/c1-15(2)28(16(3)4,17(5)6)13-12-19(24)18-14-26-22(10,11)23(18)20(25)27-21(7,8)9/h15-19,24H,14H2,1-11H3/t18-,19+/m0/s1. The molecule has 0 saturated carbocycles. The van der Waals surface area contributed by atoms with E-state index in [4.69, 9.17) is 9.47 Å². The van der Waals surface area contributed by atoms with E-state index in [-0.39, 0.29) is 6.61 Å². The topological polar surface area (TPSA) is 59.0 Å². The third-order valence-corrected chi connectivity index (χ3v) is 12.1. The van der Waals surface area contributed by atoms with Gasteiger partial charge in [-0.1, -0.05) is 47.5 Å². The summed E-state index contributed by atoms with van der Waals surface area (Å²) in [7, 11) is -1.96. The number of aliphatic hydroxyl groups excluding tert-OH is 1. The van der Waals surface area contributed by atoms with Gasteiger partial charge in [-0.25, -0.2) is 4.79 Å². The zero-order chi connectivity index (χ0) is 22.1. The summed E-state index contributed by atoms with van der Waals surface area (Å²) in [6.07, 6.45) is -1.46. The first-order chi connectivity index (χ1) is 12.6. The summed E-state index contributed by atoms with van der Waals surface area (Å²) >= 11 is 0. The second kappa shape index (κ2) is 8.77. The maximum absolute atomic E-state index is 12.8. The molecule has 0 aliphatic carbocycles. The highest BCUT2D eigenvalue weighted by Gasteiger charge is 2.48.